The molecule has 0 unspecified atom stereocenters. The van der Waals surface area contributed by atoms with Gasteiger partial charge in [0.25, 0.3) is 5.91 Å². The van der Waals surface area contributed by atoms with Gasteiger partial charge in [0.15, 0.2) is 0 Å². The van der Waals surface area contributed by atoms with Crippen molar-refractivity contribution in [3.8, 4) is 5.75 Å². The lowest BCUT2D eigenvalue weighted by Crippen LogP contribution is -2.22. The summed E-state index contributed by atoms with van der Waals surface area (Å²) in [5.41, 5.74) is 7.52. The van der Waals surface area contributed by atoms with Crippen LogP contribution in [0.15, 0.2) is 42.7 Å². The maximum atomic E-state index is 11.8. The molecule has 18 heavy (non-hydrogen) atoms. The van der Waals surface area contributed by atoms with Gasteiger partial charge in [-0.2, -0.15) is 0 Å². The molecule has 1 aromatic carbocycles. The molecular formula is C13H13N3O2. The average molecular weight is 243 g/mol. The SMILES string of the molecule is Nc1ccc(CNC(=O)c2cncc(O)c2)cc1. The highest BCUT2D eigenvalue weighted by Gasteiger charge is 2.06. The molecule has 2 rings (SSSR count). The van der Waals surface area contributed by atoms with Gasteiger partial charge in [-0.3, -0.25) is 9.78 Å². The molecule has 4 N–H and O–H groups in total. The number of nitrogens with one attached hydrogen (secondary N) is 1. The molecule has 0 saturated carbocycles. The number of pyridine rings is 1. The van der Waals surface area contributed by atoms with Gasteiger partial charge in [-0.15, -0.1) is 0 Å². The van der Waals surface area contributed by atoms with E-state index in [2.05, 4.69) is 10.3 Å². The zero-order valence-electron chi connectivity index (χ0n) is 9.63. The highest BCUT2D eigenvalue weighted by Crippen LogP contribution is 2.09. The summed E-state index contributed by atoms with van der Waals surface area (Å²) >= 11 is 0. The Morgan fingerprint density at radius 3 is 2.67 bits per heavy atom. The van der Waals surface area contributed by atoms with Crippen LogP contribution >= 0.6 is 0 Å². The van der Waals surface area contributed by atoms with E-state index in [1.165, 1.54) is 18.5 Å². The van der Waals surface area contributed by atoms with Crippen molar-refractivity contribution in [3.05, 3.63) is 53.9 Å². The molecule has 92 valence electrons. The Morgan fingerprint density at radius 2 is 2.00 bits per heavy atom. The fourth-order valence-electron chi connectivity index (χ4n) is 1.47. The first-order chi connectivity index (χ1) is 8.65. The number of hydrogen-bond acceptors (Lipinski definition) is 4. The van der Waals surface area contributed by atoms with Gasteiger partial charge in [-0.05, 0) is 23.8 Å². The summed E-state index contributed by atoms with van der Waals surface area (Å²) in [6.07, 6.45) is 2.68. The summed E-state index contributed by atoms with van der Waals surface area (Å²) in [6.45, 7) is 0.398. The largest absolute Gasteiger partial charge is 0.506 e. The van der Waals surface area contributed by atoms with Gasteiger partial charge in [0.2, 0.25) is 0 Å². The quantitative estimate of drug-likeness (QED) is 0.709. The zero-order valence-corrected chi connectivity index (χ0v) is 9.63. The maximum Gasteiger partial charge on any atom is 0.253 e. The summed E-state index contributed by atoms with van der Waals surface area (Å²) in [4.78, 5) is 15.5. The molecule has 1 heterocycles. The Morgan fingerprint density at radius 1 is 1.28 bits per heavy atom. The smallest absolute Gasteiger partial charge is 0.253 e. The molecule has 1 aromatic heterocycles. The van der Waals surface area contributed by atoms with Crippen LogP contribution in [0.3, 0.4) is 0 Å². The minimum atomic E-state index is -0.282. The van der Waals surface area contributed by atoms with E-state index in [0.717, 1.165) is 5.56 Å². The van der Waals surface area contributed by atoms with Crippen LogP contribution in [0.25, 0.3) is 0 Å². The number of nitrogens with zero attached hydrogens (tertiary/aromatic N) is 1. The number of carbonyl (C=O) groups excluding carboxylic acids is 1. The fraction of sp³-hybridized carbons (Fsp3) is 0.0769. The van der Waals surface area contributed by atoms with Gasteiger partial charge in [0, 0.05) is 18.4 Å². The number of benzene rings is 1. The van der Waals surface area contributed by atoms with E-state index in [1.807, 2.05) is 12.1 Å². The molecule has 2 aromatic rings. The van der Waals surface area contributed by atoms with Crippen LogP contribution in [-0.2, 0) is 6.54 Å². The Balaban J connectivity index is 1.98. The van der Waals surface area contributed by atoms with Gasteiger partial charge in [-0.1, -0.05) is 12.1 Å². The minimum Gasteiger partial charge on any atom is -0.506 e. The number of hydrogen-bond donors (Lipinski definition) is 3. The molecule has 0 spiro atoms. The Labute approximate surface area is 104 Å². The van der Waals surface area contributed by atoms with Gasteiger partial charge in [0.1, 0.15) is 5.75 Å². The first-order valence-corrected chi connectivity index (χ1v) is 5.42. The van der Waals surface area contributed by atoms with Crippen molar-refractivity contribution in [3.63, 3.8) is 0 Å². The van der Waals surface area contributed by atoms with Crippen LogP contribution in [0, 0.1) is 0 Å². The molecular weight excluding hydrogens is 230 g/mol. The molecule has 0 radical (unpaired) electrons. The van der Waals surface area contributed by atoms with E-state index >= 15 is 0 Å². The second-order valence-electron chi connectivity index (χ2n) is 3.86. The topological polar surface area (TPSA) is 88.2 Å². The monoisotopic (exact) mass is 243 g/mol. The van der Waals surface area contributed by atoms with E-state index in [4.69, 9.17) is 5.73 Å². The number of nitrogens with two attached hydrogens (primary N) is 1. The van der Waals surface area contributed by atoms with Crippen LogP contribution in [0.5, 0.6) is 5.75 Å². The standard InChI is InChI=1S/C13H13N3O2/c14-11-3-1-9(2-4-11)6-16-13(18)10-5-12(17)8-15-7-10/h1-5,7-8,17H,6,14H2,(H,16,18). The van der Waals surface area contributed by atoms with Crippen molar-refractivity contribution in [2.75, 3.05) is 5.73 Å². The van der Waals surface area contributed by atoms with Crippen molar-refractivity contribution < 1.29 is 9.90 Å². The molecule has 0 bridgehead atoms. The highest BCUT2D eigenvalue weighted by molar-refractivity contribution is 5.94. The maximum absolute atomic E-state index is 11.8. The van der Waals surface area contributed by atoms with Crippen molar-refractivity contribution >= 4 is 11.6 Å². The van der Waals surface area contributed by atoms with Gasteiger partial charge in [0.05, 0.1) is 11.8 Å². The molecule has 0 aliphatic heterocycles. The number of carbonyl (C=O) groups is 1. The van der Waals surface area contributed by atoms with Gasteiger partial charge < -0.3 is 16.2 Å². The second-order valence-corrected chi connectivity index (χ2v) is 3.86. The third-order valence-corrected chi connectivity index (χ3v) is 2.42. The predicted octanol–water partition coefficient (Wildman–Crippen LogP) is 1.30. The second kappa shape index (κ2) is 5.18. The Bertz CT molecular complexity index is 552. The first-order valence-electron chi connectivity index (χ1n) is 5.42. The Hall–Kier alpha value is -2.56. The summed E-state index contributed by atoms with van der Waals surface area (Å²) < 4.78 is 0. The lowest BCUT2D eigenvalue weighted by atomic mass is 10.2. The molecule has 5 nitrogen and oxygen atoms in total. The number of aromatic hydroxyl groups is 1. The fourth-order valence-corrected chi connectivity index (χ4v) is 1.47. The number of rotatable bonds is 3. The van der Waals surface area contributed by atoms with Crippen molar-refractivity contribution in [2.24, 2.45) is 0 Å². The third kappa shape index (κ3) is 2.98. The molecule has 0 aliphatic rings. The summed E-state index contributed by atoms with van der Waals surface area (Å²) in [5.74, 6) is -0.314. The van der Waals surface area contributed by atoms with Crippen LogP contribution in [0.4, 0.5) is 5.69 Å². The number of nitrogen functional groups attached to an aromatic ring is 1. The normalized spacial score (nSPS) is 10.0. The summed E-state index contributed by atoms with van der Waals surface area (Å²) in [7, 11) is 0. The van der Waals surface area contributed by atoms with Crippen LogP contribution in [0.1, 0.15) is 15.9 Å². The zero-order chi connectivity index (χ0) is 13.0. The number of aromatic nitrogens is 1. The van der Waals surface area contributed by atoms with Crippen LogP contribution in [0.2, 0.25) is 0 Å². The minimum absolute atomic E-state index is 0.0323. The van der Waals surface area contributed by atoms with Crippen molar-refractivity contribution in [1.82, 2.24) is 10.3 Å². The number of amides is 1. The average Bonchev–Trinajstić information content (AvgIpc) is 2.38. The molecule has 0 atom stereocenters. The van der Waals surface area contributed by atoms with Crippen LogP contribution in [-0.4, -0.2) is 16.0 Å². The predicted molar refractivity (Wildman–Crippen MR) is 67.9 cm³/mol. The van der Waals surface area contributed by atoms with Gasteiger partial charge >= 0.3 is 0 Å². The molecule has 5 heteroatoms. The van der Waals surface area contributed by atoms with E-state index in [9.17, 15) is 9.90 Å². The lowest BCUT2D eigenvalue weighted by Gasteiger charge is -2.05. The number of anilines is 1. The third-order valence-electron chi connectivity index (χ3n) is 2.42. The van der Waals surface area contributed by atoms with E-state index in [-0.39, 0.29) is 11.7 Å². The Kier molecular flexibility index (Phi) is 3.43. The van der Waals surface area contributed by atoms with Crippen molar-refractivity contribution in [1.29, 1.82) is 0 Å². The molecule has 0 saturated heterocycles. The van der Waals surface area contributed by atoms with Crippen LogP contribution < -0.4 is 11.1 Å². The lowest BCUT2D eigenvalue weighted by molar-refractivity contribution is 0.0950. The molecule has 0 aliphatic carbocycles. The first kappa shape index (κ1) is 11.9. The van der Waals surface area contributed by atoms with Crippen molar-refractivity contribution in [2.45, 2.75) is 6.54 Å². The summed E-state index contributed by atoms with van der Waals surface area (Å²) in [6, 6.07) is 8.60. The van der Waals surface area contributed by atoms with E-state index in [1.54, 1.807) is 12.1 Å². The molecule has 1 amide bonds. The summed E-state index contributed by atoms with van der Waals surface area (Å²) in [5, 5.41) is 12.0. The van der Waals surface area contributed by atoms with E-state index < -0.39 is 0 Å². The van der Waals surface area contributed by atoms with Gasteiger partial charge in [-0.25, -0.2) is 0 Å². The highest BCUT2D eigenvalue weighted by atomic mass is 16.3. The van der Waals surface area contributed by atoms with E-state index in [0.29, 0.717) is 17.8 Å². The molecule has 0 fully saturated rings.